The second kappa shape index (κ2) is 5.65. The minimum Gasteiger partial charge on any atom is -0.478 e. The molecular weight excluding hydrogens is 318 g/mol. The van der Waals surface area contributed by atoms with E-state index in [-0.39, 0.29) is 27.9 Å². The van der Waals surface area contributed by atoms with Gasteiger partial charge in [-0.25, -0.2) is 9.78 Å². The van der Waals surface area contributed by atoms with E-state index >= 15 is 0 Å². The standard InChI is InChI=1S/C15H11N3O4S/c1-2-5-18-12-11(13(19)17-15(18)23)8(14(20)21)7-9(16-12)10-4-3-6-22-10/h2-4,6-7H,1,5H2,(H,20,21)(H,17,19,23). The Kier molecular flexibility index (Phi) is 3.67. The molecule has 0 radical (unpaired) electrons. The highest BCUT2D eigenvalue weighted by molar-refractivity contribution is 7.71. The highest BCUT2D eigenvalue weighted by Crippen LogP contribution is 2.23. The van der Waals surface area contributed by atoms with Gasteiger partial charge in [0.1, 0.15) is 11.3 Å². The van der Waals surface area contributed by atoms with Crippen molar-refractivity contribution in [1.29, 1.82) is 0 Å². The van der Waals surface area contributed by atoms with Crippen LogP contribution in [0.4, 0.5) is 0 Å². The van der Waals surface area contributed by atoms with Crippen LogP contribution in [0.2, 0.25) is 0 Å². The fourth-order valence-electron chi connectivity index (χ4n) is 2.29. The molecule has 116 valence electrons. The highest BCUT2D eigenvalue weighted by Gasteiger charge is 2.19. The topological polar surface area (TPSA) is 101 Å². The van der Waals surface area contributed by atoms with Crippen LogP contribution >= 0.6 is 12.2 Å². The minimum atomic E-state index is -1.24. The monoisotopic (exact) mass is 329 g/mol. The van der Waals surface area contributed by atoms with E-state index in [4.69, 9.17) is 16.6 Å². The molecule has 7 nitrogen and oxygen atoms in total. The number of allylic oxidation sites excluding steroid dienone is 1. The maximum atomic E-state index is 12.2. The smallest absolute Gasteiger partial charge is 0.336 e. The average molecular weight is 329 g/mol. The SMILES string of the molecule is C=CCn1c(=S)[nH]c(=O)c2c(C(=O)O)cc(-c3ccco3)nc21. The van der Waals surface area contributed by atoms with Crippen LogP contribution in [0.25, 0.3) is 22.5 Å². The lowest BCUT2D eigenvalue weighted by Gasteiger charge is -2.11. The third-order valence-corrected chi connectivity index (χ3v) is 3.59. The highest BCUT2D eigenvalue weighted by atomic mass is 32.1. The van der Waals surface area contributed by atoms with E-state index in [0.29, 0.717) is 11.5 Å². The lowest BCUT2D eigenvalue weighted by atomic mass is 10.1. The van der Waals surface area contributed by atoms with E-state index in [2.05, 4.69) is 16.5 Å². The van der Waals surface area contributed by atoms with E-state index in [1.54, 1.807) is 18.2 Å². The minimum absolute atomic E-state index is 0.0387. The number of carboxylic acid groups (broad SMARTS) is 1. The van der Waals surface area contributed by atoms with Crippen LogP contribution < -0.4 is 5.56 Å². The van der Waals surface area contributed by atoms with E-state index in [1.165, 1.54) is 16.9 Å². The Morgan fingerprint density at radius 2 is 2.35 bits per heavy atom. The number of H-pyrrole nitrogens is 1. The molecule has 23 heavy (non-hydrogen) atoms. The number of pyridine rings is 1. The molecule has 0 aliphatic carbocycles. The molecule has 0 saturated carbocycles. The number of nitrogens with one attached hydrogen (secondary N) is 1. The van der Waals surface area contributed by atoms with Gasteiger partial charge in [0.05, 0.1) is 17.2 Å². The molecule has 0 aliphatic heterocycles. The van der Waals surface area contributed by atoms with Crippen molar-refractivity contribution in [3.05, 3.63) is 57.8 Å². The first-order valence-corrected chi connectivity index (χ1v) is 6.99. The van der Waals surface area contributed by atoms with Gasteiger partial charge in [-0.1, -0.05) is 6.08 Å². The maximum absolute atomic E-state index is 12.2. The molecule has 3 aromatic rings. The first-order chi connectivity index (χ1) is 11.0. The molecule has 3 aromatic heterocycles. The van der Waals surface area contributed by atoms with Gasteiger partial charge >= 0.3 is 5.97 Å². The summed E-state index contributed by atoms with van der Waals surface area (Å²) in [5, 5.41) is 9.41. The number of aromatic nitrogens is 3. The van der Waals surface area contributed by atoms with Gasteiger partial charge in [0.25, 0.3) is 5.56 Å². The summed E-state index contributed by atoms with van der Waals surface area (Å²) in [4.78, 5) is 30.6. The summed E-state index contributed by atoms with van der Waals surface area (Å²) in [5.74, 6) is -0.844. The van der Waals surface area contributed by atoms with Crippen LogP contribution in [0.1, 0.15) is 10.4 Å². The number of aromatic carboxylic acids is 1. The second-order valence-corrected chi connectivity index (χ2v) is 5.08. The molecule has 2 N–H and O–H groups in total. The van der Waals surface area contributed by atoms with E-state index in [0.717, 1.165) is 0 Å². The zero-order valence-corrected chi connectivity index (χ0v) is 12.6. The summed E-state index contributed by atoms with van der Waals surface area (Å²) in [6, 6.07) is 4.62. The Hall–Kier alpha value is -3.00. The number of carbonyl (C=O) groups is 1. The predicted molar refractivity (Wildman–Crippen MR) is 86.0 cm³/mol. The van der Waals surface area contributed by atoms with E-state index in [9.17, 15) is 14.7 Å². The zero-order chi connectivity index (χ0) is 16.6. The Morgan fingerprint density at radius 1 is 1.57 bits per heavy atom. The summed E-state index contributed by atoms with van der Waals surface area (Å²) >= 11 is 5.13. The maximum Gasteiger partial charge on any atom is 0.336 e. The lowest BCUT2D eigenvalue weighted by molar-refractivity contribution is 0.0699. The van der Waals surface area contributed by atoms with Crippen molar-refractivity contribution in [3.8, 4) is 11.5 Å². The van der Waals surface area contributed by atoms with Gasteiger partial charge in [0.15, 0.2) is 10.5 Å². The summed E-state index contributed by atoms with van der Waals surface area (Å²) in [5.41, 5.74) is -0.292. The Bertz CT molecular complexity index is 1030. The predicted octanol–water partition coefficient (Wildman–Crippen LogP) is 2.60. The molecule has 0 unspecified atom stereocenters. The number of furan rings is 1. The van der Waals surface area contributed by atoms with Crippen molar-refractivity contribution >= 4 is 29.2 Å². The molecule has 0 aliphatic rings. The quantitative estimate of drug-likeness (QED) is 0.563. The molecule has 0 bridgehead atoms. The molecule has 0 amide bonds. The molecule has 3 heterocycles. The average Bonchev–Trinajstić information content (AvgIpc) is 3.04. The van der Waals surface area contributed by atoms with Crippen molar-refractivity contribution in [3.63, 3.8) is 0 Å². The third kappa shape index (κ3) is 2.49. The number of carboxylic acids is 1. The summed E-state index contributed by atoms with van der Waals surface area (Å²) in [6.07, 6.45) is 3.03. The number of aromatic amines is 1. The molecule has 3 rings (SSSR count). The van der Waals surface area contributed by atoms with Gasteiger partial charge in [-0.05, 0) is 30.4 Å². The van der Waals surface area contributed by atoms with Gasteiger partial charge in [-0.15, -0.1) is 6.58 Å². The van der Waals surface area contributed by atoms with Gasteiger partial charge in [-0.2, -0.15) is 0 Å². The van der Waals surface area contributed by atoms with Crippen LogP contribution in [-0.4, -0.2) is 25.6 Å². The molecule has 0 saturated heterocycles. The van der Waals surface area contributed by atoms with Gasteiger partial charge in [0, 0.05) is 6.54 Å². The number of nitrogens with zero attached hydrogens (tertiary/aromatic N) is 2. The molecular formula is C15H11N3O4S. The molecule has 0 atom stereocenters. The Morgan fingerprint density at radius 3 is 2.96 bits per heavy atom. The van der Waals surface area contributed by atoms with Crippen molar-refractivity contribution in [2.45, 2.75) is 6.54 Å². The number of hydrogen-bond donors (Lipinski definition) is 2. The van der Waals surface area contributed by atoms with Crippen LogP contribution in [0.3, 0.4) is 0 Å². The van der Waals surface area contributed by atoms with Crippen LogP contribution in [0, 0.1) is 4.77 Å². The second-order valence-electron chi connectivity index (χ2n) is 4.69. The molecule has 0 spiro atoms. The number of fused-ring (bicyclic) bond motifs is 1. The van der Waals surface area contributed by atoms with Gasteiger partial charge < -0.3 is 9.52 Å². The molecule has 8 heteroatoms. The largest absolute Gasteiger partial charge is 0.478 e. The Labute approximate surface area is 134 Å². The van der Waals surface area contributed by atoms with Crippen molar-refractivity contribution in [1.82, 2.24) is 14.5 Å². The zero-order valence-electron chi connectivity index (χ0n) is 11.8. The van der Waals surface area contributed by atoms with E-state index < -0.39 is 11.5 Å². The van der Waals surface area contributed by atoms with Crippen molar-refractivity contribution in [2.24, 2.45) is 0 Å². The van der Waals surface area contributed by atoms with Gasteiger partial charge in [0.2, 0.25) is 0 Å². The van der Waals surface area contributed by atoms with E-state index in [1.807, 2.05) is 0 Å². The normalized spacial score (nSPS) is 10.8. The fraction of sp³-hybridized carbons (Fsp3) is 0.0667. The Balaban J connectivity index is 2.51. The number of rotatable bonds is 4. The first kappa shape index (κ1) is 14.9. The third-order valence-electron chi connectivity index (χ3n) is 3.26. The lowest BCUT2D eigenvalue weighted by Crippen LogP contribution is -2.18. The van der Waals surface area contributed by atoms with Crippen LogP contribution in [-0.2, 0) is 6.54 Å². The van der Waals surface area contributed by atoms with Crippen molar-refractivity contribution < 1.29 is 14.3 Å². The summed E-state index contributed by atoms with van der Waals surface area (Å²) < 4.78 is 6.92. The molecule has 0 aromatic carbocycles. The number of hydrogen-bond acceptors (Lipinski definition) is 5. The first-order valence-electron chi connectivity index (χ1n) is 6.59. The van der Waals surface area contributed by atoms with Crippen LogP contribution in [0.15, 0.2) is 46.3 Å². The van der Waals surface area contributed by atoms with Crippen molar-refractivity contribution in [2.75, 3.05) is 0 Å². The fourth-order valence-corrected chi connectivity index (χ4v) is 2.55. The van der Waals surface area contributed by atoms with Gasteiger partial charge in [-0.3, -0.25) is 14.3 Å². The van der Waals surface area contributed by atoms with Crippen LogP contribution in [0.5, 0.6) is 0 Å². The summed E-state index contributed by atoms with van der Waals surface area (Å²) in [7, 11) is 0. The molecule has 0 fully saturated rings. The summed E-state index contributed by atoms with van der Waals surface area (Å²) in [6.45, 7) is 3.91.